The summed E-state index contributed by atoms with van der Waals surface area (Å²) in [5.41, 5.74) is 1.66. The third kappa shape index (κ3) is 3.62. The summed E-state index contributed by atoms with van der Waals surface area (Å²) in [6.07, 6.45) is 5.02. The number of benzene rings is 2. The molecule has 0 bridgehead atoms. The van der Waals surface area contributed by atoms with Gasteiger partial charge in [-0.15, -0.1) is 0 Å². The number of nitrogens with zero attached hydrogens (tertiary/aromatic N) is 3. The predicted molar refractivity (Wildman–Crippen MR) is 121 cm³/mol. The van der Waals surface area contributed by atoms with E-state index in [9.17, 15) is 15.1 Å². The van der Waals surface area contributed by atoms with Crippen LogP contribution in [0.2, 0.25) is 0 Å². The van der Waals surface area contributed by atoms with E-state index in [1.54, 1.807) is 24.3 Å². The molecule has 8 nitrogen and oxygen atoms in total. The Labute approximate surface area is 184 Å². The summed E-state index contributed by atoms with van der Waals surface area (Å²) in [6.45, 7) is 0. The Bertz CT molecular complexity index is 1310. The zero-order chi connectivity index (χ0) is 22.2. The standard InChI is InChI=1S/C24H24N4O4/c1-32-23-13-19-16(14-27(26-19)17-7-9-18(29)10-8-17)12-20(23)25-24(30)22-11-6-15-4-2-3-5-21(15)28(22)31/h2-6,11-14,17-18,29H,7-10H2,1H3,(H,25,30). The van der Waals surface area contributed by atoms with Crippen molar-refractivity contribution in [3.8, 4) is 5.75 Å². The first-order valence-corrected chi connectivity index (χ1v) is 10.7. The van der Waals surface area contributed by atoms with E-state index in [2.05, 4.69) is 10.4 Å². The number of anilines is 1. The minimum atomic E-state index is -0.517. The van der Waals surface area contributed by atoms with Gasteiger partial charge < -0.3 is 20.4 Å². The second-order valence-corrected chi connectivity index (χ2v) is 8.21. The first kappa shape index (κ1) is 20.3. The van der Waals surface area contributed by atoms with Gasteiger partial charge in [-0.2, -0.15) is 9.83 Å². The van der Waals surface area contributed by atoms with Gasteiger partial charge in [-0.1, -0.05) is 12.1 Å². The topological polar surface area (TPSA) is 103 Å². The second kappa shape index (κ2) is 8.12. The van der Waals surface area contributed by atoms with Gasteiger partial charge in [0, 0.05) is 35.2 Å². The monoisotopic (exact) mass is 432 g/mol. The molecule has 0 spiro atoms. The van der Waals surface area contributed by atoms with Gasteiger partial charge in [0.15, 0.2) is 0 Å². The van der Waals surface area contributed by atoms with Crippen LogP contribution < -0.4 is 14.8 Å². The summed E-state index contributed by atoms with van der Waals surface area (Å²) in [7, 11) is 1.53. The molecule has 0 radical (unpaired) electrons. The Morgan fingerprint density at radius 2 is 1.94 bits per heavy atom. The Morgan fingerprint density at radius 1 is 1.16 bits per heavy atom. The first-order chi connectivity index (χ1) is 15.5. The molecule has 1 fully saturated rings. The number of rotatable bonds is 4. The number of aliphatic hydroxyl groups is 1. The van der Waals surface area contributed by atoms with Crippen LogP contribution in [0, 0.1) is 5.21 Å². The van der Waals surface area contributed by atoms with Crippen molar-refractivity contribution >= 4 is 33.4 Å². The SMILES string of the molecule is COc1cc2nn(C3CCC(O)CC3)cc2cc1NC(=O)c1ccc2ccccc2[n+]1[O-]. The Balaban J connectivity index is 1.45. The number of aromatic nitrogens is 3. The summed E-state index contributed by atoms with van der Waals surface area (Å²) in [5, 5.41) is 31.6. The highest BCUT2D eigenvalue weighted by Crippen LogP contribution is 2.33. The van der Waals surface area contributed by atoms with Crippen molar-refractivity contribution < 1.29 is 19.4 Å². The average molecular weight is 432 g/mol. The molecular formula is C24H24N4O4. The molecule has 8 heteroatoms. The smallest absolute Gasteiger partial charge is 0.321 e. The third-order valence-electron chi connectivity index (χ3n) is 6.16. The third-order valence-corrected chi connectivity index (χ3v) is 6.16. The van der Waals surface area contributed by atoms with E-state index in [1.165, 1.54) is 13.2 Å². The zero-order valence-electron chi connectivity index (χ0n) is 17.7. The molecule has 0 aliphatic heterocycles. The summed E-state index contributed by atoms with van der Waals surface area (Å²) in [4.78, 5) is 12.9. The Hall–Kier alpha value is -3.65. The minimum Gasteiger partial charge on any atom is -0.618 e. The van der Waals surface area contributed by atoms with Crippen LogP contribution in [0.1, 0.15) is 42.2 Å². The van der Waals surface area contributed by atoms with E-state index in [-0.39, 0.29) is 17.8 Å². The molecule has 2 heterocycles. The van der Waals surface area contributed by atoms with E-state index in [0.29, 0.717) is 21.7 Å². The van der Waals surface area contributed by atoms with Crippen LogP contribution in [0.5, 0.6) is 5.75 Å². The van der Waals surface area contributed by atoms with Crippen LogP contribution in [-0.2, 0) is 0 Å². The van der Waals surface area contributed by atoms with Crippen LogP contribution in [0.25, 0.3) is 21.8 Å². The van der Waals surface area contributed by atoms with Crippen molar-refractivity contribution in [1.29, 1.82) is 0 Å². The lowest BCUT2D eigenvalue weighted by molar-refractivity contribution is -0.579. The zero-order valence-corrected chi connectivity index (χ0v) is 17.7. The van der Waals surface area contributed by atoms with Crippen LogP contribution in [-0.4, -0.2) is 34.0 Å². The number of amides is 1. The molecule has 32 heavy (non-hydrogen) atoms. The normalized spacial score (nSPS) is 18.7. The van der Waals surface area contributed by atoms with Gasteiger partial charge in [0.25, 0.3) is 5.69 Å². The molecule has 0 saturated heterocycles. The van der Waals surface area contributed by atoms with Gasteiger partial charge in [0.05, 0.1) is 30.5 Å². The van der Waals surface area contributed by atoms with Gasteiger partial charge >= 0.3 is 5.91 Å². The molecule has 2 N–H and O–H groups in total. The molecule has 0 unspecified atom stereocenters. The van der Waals surface area contributed by atoms with Gasteiger partial charge in [0.2, 0.25) is 5.52 Å². The number of pyridine rings is 1. The second-order valence-electron chi connectivity index (χ2n) is 8.21. The fraction of sp³-hybridized carbons (Fsp3) is 0.292. The Kier molecular flexibility index (Phi) is 5.14. The molecule has 164 valence electrons. The molecule has 1 amide bonds. The lowest BCUT2D eigenvalue weighted by Crippen LogP contribution is -2.37. The van der Waals surface area contributed by atoms with Crippen LogP contribution in [0.15, 0.2) is 54.7 Å². The highest BCUT2D eigenvalue weighted by Gasteiger charge is 2.23. The molecule has 4 aromatic rings. The van der Waals surface area contributed by atoms with Crippen LogP contribution in [0.3, 0.4) is 0 Å². The molecular weight excluding hydrogens is 408 g/mol. The number of fused-ring (bicyclic) bond motifs is 2. The van der Waals surface area contributed by atoms with Crippen LogP contribution >= 0.6 is 0 Å². The fourth-order valence-corrected chi connectivity index (χ4v) is 4.38. The van der Waals surface area contributed by atoms with Gasteiger partial charge in [-0.05, 0) is 43.9 Å². The van der Waals surface area contributed by atoms with Crippen molar-refractivity contribution in [3.05, 3.63) is 65.6 Å². The van der Waals surface area contributed by atoms with Gasteiger partial charge in [0.1, 0.15) is 5.75 Å². The number of ether oxygens (including phenoxy) is 1. The highest BCUT2D eigenvalue weighted by atomic mass is 16.5. The number of carbonyl (C=O) groups is 1. The highest BCUT2D eigenvalue weighted by molar-refractivity contribution is 6.04. The minimum absolute atomic E-state index is 0.00214. The van der Waals surface area contributed by atoms with E-state index in [0.717, 1.165) is 42.0 Å². The predicted octanol–water partition coefficient (Wildman–Crippen LogP) is 3.56. The van der Waals surface area contributed by atoms with E-state index in [4.69, 9.17) is 4.74 Å². The largest absolute Gasteiger partial charge is 0.618 e. The quantitative estimate of drug-likeness (QED) is 0.379. The maximum Gasteiger partial charge on any atom is 0.321 e. The molecule has 2 aromatic heterocycles. The van der Waals surface area contributed by atoms with E-state index < -0.39 is 5.91 Å². The molecule has 1 saturated carbocycles. The Morgan fingerprint density at radius 3 is 2.72 bits per heavy atom. The number of carbonyl (C=O) groups excluding carboxylic acids is 1. The van der Waals surface area contributed by atoms with E-state index >= 15 is 0 Å². The van der Waals surface area contributed by atoms with Crippen molar-refractivity contribution in [2.24, 2.45) is 0 Å². The molecule has 1 aliphatic carbocycles. The summed E-state index contributed by atoms with van der Waals surface area (Å²) in [5.74, 6) is -0.0505. The summed E-state index contributed by atoms with van der Waals surface area (Å²) < 4.78 is 8.06. The molecule has 5 rings (SSSR count). The van der Waals surface area contributed by atoms with Crippen molar-refractivity contribution in [2.75, 3.05) is 12.4 Å². The maximum atomic E-state index is 12.9. The number of methoxy groups -OCH3 is 1. The average Bonchev–Trinajstić information content (AvgIpc) is 3.22. The lowest BCUT2D eigenvalue weighted by atomic mass is 9.93. The number of nitrogens with one attached hydrogen (secondary N) is 1. The van der Waals surface area contributed by atoms with E-state index in [1.807, 2.05) is 29.1 Å². The van der Waals surface area contributed by atoms with Gasteiger partial charge in [-0.3, -0.25) is 9.48 Å². The summed E-state index contributed by atoms with van der Waals surface area (Å²) >= 11 is 0. The number of hydrogen-bond donors (Lipinski definition) is 2. The summed E-state index contributed by atoms with van der Waals surface area (Å²) in [6, 6.07) is 14.2. The first-order valence-electron chi connectivity index (χ1n) is 10.7. The van der Waals surface area contributed by atoms with Crippen molar-refractivity contribution in [1.82, 2.24) is 9.78 Å². The number of hydrogen-bond acceptors (Lipinski definition) is 5. The van der Waals surface area contributed by atoms with Crippen molar-refractivity contribution in [3.63, 3.8) is 0 Å². The van der Waals surface area contributed by atoms with Crippen LogP contribution in [0.4, 0.5) is 5.69 Å². The fourth-order valence-electron chi connectivity index (χ4n) is 4.38. The lowest BCUT2D eigenvalue weighted by Gasteiger charge is -2.25. The maximum absolute atomic E-state index is 12.9. The van der Waals surface area contributed by atoms with Gasteiger partial charge in [-0.25, -0.2) is 0 Å². The van der Waals surface area contributed by atoms with Crippen molar-refractivity contribution in [2.45, 2.75) is 37.8 Å². The molecule has 2 aromatic carbocycles. The number of aliphatic hydroxyl groups excluding tert-OH is 1. The molecule has 1 aliphatic rings. The molecule has 0 atom stereocenters. The number of para-hydroxylation sites is 1.